The smallest absolute Gasteiger partial charge is 0.0445 e. The van der Waals surface area contributed by atoms with Crippen molar-refractivity contribution in [1.82, 2.24) is 10.3 Å². The van der Waals surface area contributed by atoms with Crippen molar-refractivity contribution in [2.75, 3.05) is 11.4 Å². The molecule has 1 N–H and O–H groups in total. The lowest BCUT2D eigenvalue weighted by Crippen LogP contribution is -2.34. The van der Waals surface area contributed by atoms with E-state index in [1.165, 1.54) is 43.5 Å². The first-order chi connectivity index (χ1) is 9.24. The Morgan fingerprint density at radius 3 is 2.74 bits per heavy atom. The van der Waals surface area contributed by atoms with Gasteiger partial charge in [0, 0.05) is 48.8 Å². The third kappa shape index (κ3) is 3.47. The van der Waals surface area contributed by atoms with Crippen molar-refractivity contribution in [1.29, 1.82) is 0 Å². The van der Waals surface area contributed by atoms with Crippen LogP contribution >= 0.6 is 0 Å². The minimum Gasteiger partial charge on any atom is -0.368 e. The second-order valence-corrected chi connectivity index (χ2v) is 6.35. The van der Waals surface area contributed by atoms with E-state index in [0.29, 0.717) is 6.04 Å². The van der Waals surface area contributed by atoms with Gasteiger partial charge in [0.1, 0.15) is 0 Å². The normalized spacial score (nSPS) is 18.9. The maximum atomic E-state index is 4.31. The van der Waals surface area contributed by atoms with Crippen LogP contribution < -0.4 is 10.2 Å². The third-order valence-corrected chi connectivity index (χ3v) is 4.12. The topological polar surface area (TPSA) is 28.2 Å². The largest absolute Gasteiger partial charge is 0.368 e. The number of pyridine rings is 1. The van der Waals surface area contributed by atoms with E-state index in [4.69, 9.17) is 0 Å². The SMILES string of the molecule is CC(C)N(CC1CC1)c1ccncc1CNC1CC1. The number of hydrogen-bond acceptors (Lipinski definition) is 3. The maximum absolute atomic E-state index is 4.31. The average molecular weight is 259 g/mol. The fraction of sp³-hybridized carbons (Fsp3) is 0.688. The van der Waals surface area contributed by atoms with Crippen LogP contribution in [0.4, 0.5) is 5.69 Å². The van der Waals surface area contributed by atoms with Gasteiger partial charge in [-0.1, -0.05) is 0 Å². The first-order valence-corrected chi connectivity index (χ1v) is 7.67. The van der Waals surface area contributed by atoms with Crippen LogP contribution in [0.1, 0.15) is 45.1 Å². The van der Waals surface area contributed by atoms with E-state index < -0.39 is 0 Å². The summed E-state index contributed by atoms with van der Waals surface area (Å²) in [6.07, 6.45) is 9.45. The second kappa shape index (κ2) is 5.49. The van der Waals surface area contributed by atoms with E-state index in [2.05, 4.69) is 35.1 Å². The Bertz CT molecular complexity index is 422. The van der Waals surface area contributed by atoms with Gasteiger partial charge in [-0.15, -0.1) is 0 Å². The predicted octanol–water partition coefficient (Wildman–Crippen LogP) is 2.96. The summed E-state index contributed by atoms with van der Waals surface area (Å²) >= 11 is 0. The number of anilines is 1. The van der Waals surface area contributed by atoms with Gasteiger partial charge >= 0.3 is 0 Å². The molecule has 2 aliphatic rings. The molecule has 0 bridgehead atoms. The van der Waals surface area contributed by atoms with Gasteiger partial charge in [0.25, 0.3) is 0 Å². The van der Waals surface area contributed by atoms with E-state index in [1.807, 2.05) is 12.4 Å². The number of aromatic nitrogens is 1. The zero-order valence-electron chi connectivity index (χ0n) is 12.1. The first-order valence-electron chi connectivity index (χ1n) is 7.67. The molecule has 0 aliphatic heterocycles. The zero-order valence-corrected chi connectivity index (χ0v) is 12.1. The Labute approximate surface area is 116 Å². The molecule has 0 radical (unpaired) electrons. The second-order valence-electron chi connectivity index (χ2n) is 6.35. The van der Waals surface area contributed by atoms with Crippen LogP contribution in [0.5, 0.6) is 0 Å². The van der Waals surface area contributed by atoms with Crippen molar-refractivity contribution in [2.24, 2.45) is 5.92 Å². The van der Waals surface area contributed by atoms with Crippen LogP contribution in [-0.2, 0) is 6.54 Å². The monoisotopic (exact) mass is 259 g/mol. The summed E-state index contributed by atoms with van der Waals surface area (Å²) in [6.45, 7) is 6.75. The molecule has 1 heterocycles. The van der Waals surface area contributed by atoms with Crippen LogP contribution in [0, 0.1) is 5.92 Å². The Morgan fingerprint density at radius 1 is 1.32 bits per heavy atom. The summed E-state index contributed by atoms with van der Waals surface area (Å²) in [5, 5.41) is 3.61. The van der Waals surface area contributed by atoms with Crippen LogP contribution in [0.2, 0.25) is 0 Å². The van der Waals surface area contributed by atoms with Crippen molar-refractivity contribution in [3.8, 4) is 0 Å². The standard InChI is InChI=1S/C16H25N3/c1-12(2)19(11-13-3-4-13)16-7-8-17-9-14(16)10-18-15-5-6-15/h7-9,12-13,15,18H,3-6,10-11H2,1-2H3. The molecular weight excluding hydrogens is 234 g/mol. The Kier molecular flexibility index (Phi) is 3.74. The molecule has 0 amide bonds. The van der Waals surface area contributed by atoms with Crippen molar-refractivity contribution < 1.29 is 0 Å². The molecule has 0 spiro atoms. The third-order valence-electron chi connectivity index (χ3n) is 4.12. The Balaban J connectivity index is 1.74. The zero-order chi connectivity index (χ0) is 13.2. The summed E-state index contributed by atoms with van der Waals surface area (Å²) in [5.41, 5.74) is 2.73. The Hall–Kier alpha value is -1.09. The summed E-state index contributed by atoms with van der Waals surface area (Å²) < 4.78 is 0. The van der Waals surface area contributed by atoms with Gasteiger partial charge in [-0.05, 0) is 51.5 Å². The predicted molar refractivity (Wildman–Crippen MR) is 79.3 cm³/mol. The lowest BCUT2D eigenvalue weighted by Gasteiger charge is -2.31. The molecule has 3 nitrogen and oxygen atoms in total. The molecule has 1 aromatic heterocycles. The van der Waals surface area contributed by atoms with Crippen molar-refractivity contribution in [3.05, 3.63) is 24.0 Å². The molecule has 2 fully saturated rings. The highest BCUT2D eigenvalue weighted by atomic mass is 15.2. The molecule has 2 aliphatic carbocycles. The molecule has 0 atom stereocenters. The number of hydrogen-bond donors (Lipinski definition) is 1. The van der Waals surface area contributed by atoms with Crippen molar-refractivity contribution in [3.63, 3.8) is 0 Å². The van der Waals surface area contributed by atoms with Gasteiger partial charge in [0.05, 0.1) is 0 Å². The minimum absolute atomic E-state index is 0.558. The summed E-state index contributed by atoms with van der Waals surface area (Å²) in [5.74, 6) is 0.916. The van der Waals surface area contributed by atoms with Gasteiger partial charge in [-0.2, -0.15) is 0 Å². The van der Waals surface area contributed by atoms with Crippen LogP contribution in [0.3, 0.4) is 0 Å². The molecule has 104 valence electrons. The fourth-order valence-corrected chi connectivity index (χ4v) is 2.54. The number of rotatable bonds is 7. The number of nitrogens with one attached hydrogen (secondary N) is 1. The number of nitrogens with zero attached hydrogens (tertiary/aromatic N) is 2. The van der Waals surface area contributed by atoms with E-state index in [0.717, 1.165) is 18.5 Å². The molecule has 0 saturated heterocycles. The van der Waals surface area contributed by atoms with E-state index >= 15 is 0 Å². The summed E-state index contributed by atoms with van der Waals surface area (Å²) in [7, 11) is 0. The lowest BCUT2D eigenvalue weighted by atomic mass is 10.1. The summed E-state index contributed by atoms with van der Waals surface area (Å²) in [6, 6.07) is 3.50. The van der Waals surface area contributed by atoms with Gasteiger partial charge < -0.3 is 10.2 Å². The van der Waals surface area contributed by atoms with Crippen LogP contribution in [-0.4, -0.2) is 23.6 Å². The van der Waals surface area contributed by atoms with Gasteiger partial charge in [0.2, 0.25) is 0 Å². The molecule has 3 rings (SSSR count). The molecule has 0 aromatic carbocycles. The first kappa shape index (κ1) is 12.9. The quantitative estimate of drug-likeness (QED) is 0.816. The highest BCUT2D eigenvalue weighted by Crippen LogP contribution is 2.33. The van der Waals surface area contributed by atoms with Crippen LogP contribution in [0.15, 0.2) is 18.5 Å². The fourth-order valence-electron chi connectivity index (χ4n) is 2.54. The molecule has 19 heavy (non-hydrogen) atoms. The molecule has 1 aromatic rings. The van der Waals surface area contributed by atoms with Crippen LogP contribution in [0.25, 0.3) is 0 Å². The van der Waals surface area contributed by atoms with Gasteiger partial charge in [-0.25, -0.2) is 0 Å². The van der Waals surface area contributed by atoms with E-state index in [-0.39, 0.29) is 0 Å². The van der Waals surface area contributed by atoms with Crippen molar-refractivity contribution in [2.45, 2.75) is 58.2 Å². The highest BCUT2D eigenvalue weighted by molar-refractivity contribution is 5.53. The molecule has 2 saturated carbocycles. The minimum atomic E-state index is 0.558. The molecule has 0 unspecified atom stereocenters. The van der Waals surface area contributed by atoms with Crippen molar-refractivity contribution >= 4 is 5.69 Å². The van der Waals surface area contributed by atoms with Gasteiger partial charge in [0.15, 0.2) is 0 Å². The highest BCUT2D eigenvalue weighted by Gasteiger charge is 2.27. The lowest BCUT2D eigenvalue weighted by molar-refractivity contribution is 0.631. The molecule has 3 heteroatoms. The van der Waals surface area contributed by atoms with E-state index in [1.54, 1.807) is 0 Å². The molecular formula is C16H25N3. The maximum Gasteiger partial charge on any atom is 0.0445 e. The summed E-state index contributed by atoms with van der Waals surface area (Å²) in [4.78, 5) is 6.87. The van der Waals surface area contributed by atoms with Gasteiger partial charge in [-0.3, -0.25) is 4.98 Å². The Morgan fingerprint density at radius 2 is 2.11 bits per heavy atom. The average Bonchev–Trinajstić information content (AvgIpc) is 3.27. The van der Waals surface area contributed by atoms with E-state index in [9.17, 15) is 0 Å².